The summed E-state index contributed by atoms with van der Waals surface area (Å²) in [6, 6.07) is 5.52. The zero-order valence-corrected chi connectivity index (χ0v) is 12.9. The lowest BCUT2D eigenvalue weighted by Gasteiger charge is -2.11. The number of carbonyl (C=O) groups excluding carboxylic acids is 2. The summed E-state index contributed by atoms with van der Waals surface area (Å²) in [7, 11) is 0. The third kappa shape index (κ3) is 7.20. The van der Waals surface area contributed by atoms with E-state index in [2.05, 4.69) is 5.32 Å². The van der Waals surface area contributed by atoms with E-state index < -0.39 is 11.7 Å². The Morgan fingerprint density at radius 3 is 2.67 bits per heavy atom. The molecule has 0 aliphatic heterocycles. The first kappa shape index (κ1) is 19.5. The minimum Gasteiger partial charge on any atom is -0.356 e. The second-order valence-corrected chi connectivity index (χ2v) is 4.83. The number of nitrogens with two attached hydrogens (primary N) is 1. The average Bonchev–Trinajstić information content (AvgIpc) is 2.42. The molecule has 0 spiro atoms. The maximum atomic E-state index is 13.1. The maximum absolute atomic E-state index is 13.1. The number of hydrogen-bond acceptors (Lipinski definition) is 3. The number of halogens is 2. The molecule has 0 aromatic heterocycles. The summed E-state index contributed by atoms with van der Waals surface area (Å²) in [4.78, 5) is 23.7. The second-order valence-electron chi connectivity index (χ2n) is 4.83. The molecule has 21 heavy (non-hydrogen) atoms. The van der Waals surface area contributed by atoms with E-state index in [4.69, 9.17) is 5.73 Å². The Morgan fingerprint density at radius 2 is 2.05 bits per heavy atom. The number of ketones is 1. The van der Waals surface area contributed by atoms with Crippen LogP contribution in [0, 0.1) is 11.7 Å². The van der Waals surface area contributed by atoms with Gasteiger partial charge < -0.3 is 11.1 Å². The number of hydrogen-bond donors (Lipinski definition) is 2. The van der Waals surface area contributed by atoms with E-state index in [9.17, 15) is 14.0 Å². The molecule has 0 aliphatic carbocycles. The standard InChI is InChI=1S/C15H21FN2O2.ClH/c1-11(9-14(19)18-8-3-2-7-17)15(20)12-5-4-6-13(16)10-12;/h4-6,10-11H,2-3,7-9,17H2,1H3,(H,18,19);1H. The van der Waals surface area contributed by atoms with Gasteiger partial charge in [-0.25, -0.2) is 4.39 Å². The van der Waals surface area contributed by atoms with Crippen molar-refractivity contribution in [3.63, 3.8) is 0 Å². The summed E-state index contributed by atoms with van der Waals surface area (Å²) in [6.45, 7) is 2.84. The molecule has 0 radical (unpaired) electrons. The van der Waals surface area contributed by atoms with E-state index in [-0.39, 0.29) is 30.5 Å². The smallest absolute Gasteiger partial charge is 0.220 e. The monoisotopic (exact) mass is 316 g/mol. The third-order valence-electron chi connectivity index (χ3n) is 3.00. The van der Waals surface area contributed by atoms with Gasteiger partial charge in [-0.3, -0.25) is 9.59 Å². The normalized spacial score (nSPS) is 11.4. The number of benzene rings is 1. The summed E-state index contributed by atoms with van der Waals surface area (Å²) in [5.41, 5.74) is 5.65. The summed E-state index contributed by atoms with van der Waals surface area (Å²) in [6.07, 6.45) is 1.80. The van der Waals surface area contributed by atoms with Crippen LogP contribution >= 0.6 is 12.4 Å². The van der Waals surface area contributed by atoms with Gasteiger partial charge in [0.15, 0.2) is 5.78 Å². The quantitative estimate of drug-likeness (QED) is 0.571. The molecular formula is C15H22ClFN2O2. The molecular weight excluding hydrogens is 295 g/mol. The van der Waals surface area contributed by atoms with Crippen molar-refractivity contribution in [1.29, 1.82) is 0 Å². The zero-order valence-electron chi connectivity index (χ0n) is 12.1. The fourth-order valence-electron chi connectivity index (χ4n) is 1.87. The van der Waals surface area contributed by atoms with Crippen molar-refractivity contribution < 1.29 is 14.0 Å². The van der Waals surface area contributed by atoms with E-state index >= 15 is 0 Å². The Kier molecular flexibility index (Phi) is 9.58. The van der Waals surface area contributed by atoms with Gasteiger partial charge in [0, 0.05) is 24.4 Å². The average molecular weight is 317 g/mol. The van der Waals surface area contributed by atoms with Crippen molar-refractivity contribution in [2.45, 2.75) is 26.2 Å². The fourth-order valence-corrected chi connectivity index (χ4v) is 1.87. The molecule has 1 amide bonds. The van der Waals surface area contributed by atoms with Crippen LogP contribution in [-0.4, -0.2) is 24.8 Å². The lowest BCUT2D eigenvalue weighted by atomic mass is 9.96. The Balaban J connectivity index is 0.00000400. The molecule has 4 nitrogen and oxygen atoms in total. The summed E-state index contributed by atoms with van der Waals surface area (Å²) in [5.74, 6) is -1.30. The third-order valence-corrected chi connectivity index (χ3v) is 3.00. The van der Waals surface area contributed by atoms with Gasteiger partial charge >= 0.3 is 0 Å². The van der Waals surface area contributed by atoms with Crippen molar-refractivity contribution in [1.82, 2.24) is 5.32 Å². The molecule has 1 aromatic carbocycles. The number of rotatable bonds is 8. The largest absolute Gasteiger partial charge is 0.356 e. The Hall–Kier alpha value is -1.46. The number of Topliss-reactive ketones (excluding diaryl/α,β-unsaturated/α-hetero) is 1. The molecule has 0 bridgehead atoms. The van der Waals surface area contributed by atoms with Gasteiger partial charge in [0.1, 0.15) is 5.82 Å². The maximum Gasteiger partial charge on any atom is 0.220 e. The Morgan fingerprint density at radius 1 is 1.33 bits per heavy atom. The van der Waals surface area contributed by atoms with Crippen LogP contribution in [0.4, 0.5) is 4.39 Å². The van der Waals surface area contributed by atoms with E-state index in [0.717, 1.165) is 12.8 Å². The minimum absolute atomic E-state index is 0. The van der Waals surface area contributed by atoms with Gasteiger partial charge in [-0.1, -0.05) is 19.1 Å². The lowest BCUT2D eigenvalue weighted by Crippen LogP contribution is -2.28. The van der Waals surface area contributed by atoms with Crippen LogP contribution in [0.15, 0.2) is 24.3 Å². The molecule has 6 heteroatoms. The highest BCUT2D eigenvalue weighted by Crippen LogP contribution is 2.13. The van der Waals surface area contributed by atoms with Crippen molar-refractivity contribution in [2.24, 2.45) is 11.7 Å². The molecule has 1 rings (SSSR count). The first-order chi connectivity index (χ1) is 9.54. The number of amides is 1. The first-order valence-electron chi connectivity index (χ1n) is 6.81. The predicted octanol–water partition coefficient (Wildman–Crippen LogP) is 2.31. The molecule has 1 unspecified atom stereocenters. The van der Waals surface area contributed by atoms with E-state index in [1.165, 1.54) is 18.2 Å². The Labute approximate surface area is 130 Å². The van der Waals surface area contributed by atoms with Gasteiger partial charge in [-0.2, -0.15) is 0 Å². The van der Waals surface area contributed by atoms with Crippen molar-refractivity contribution in [3.05, 3.63) is 35.6 Å². The molecule has 1 atom stereocenters. The van der Waals surface area contributed by atoms with Gasteiger partial charge in [0.05, 0.1) is 0 Å². The van der Waals surface area contributed by atoms with E-state index in [1.807, 2.05) is 0 Å². The van der Waals surface area contributed by atoms with E-state index in [1.54, 1.807) is 13.0 Å². The van der Waals surface area contributed by atoms with Gasteiger partial charge in [-0.05, 0) is 31.5 Å². The van der Waals surface area contributed by atoms with Crippen LogP contribution < -0.4 is 11.1 Å². The van der Waals surface area contributed by atoms with Crippen molar-refractivity contribution in [2.75, 3.05) is 13.1 Å². The molecule has 0 aliphatic rings. The zero-order chi connectivity index (χ0) is 15.0. The molecule has 0 saturated carbocycles. The number of nitrogens with one attached hydrogen (secondary N) is 1. The van der Waals surface area contributed by atoms with Gasteiger partial charge in [0.2, 0.25) is 5.91 Å². The predicted molar refractivity (Wildman–Crippen MR) is 83.1 cm³/mol. The fraction of sp³-hybridized carbons (Fsp3) is 0.467. The van der Waals surface area contributed by atoms with Crippen molar-refractivity contribution >= 4 is 24.1 Å². The lowest BCUT2D eigenvalue weighted by molar-refractivity contribution is -0.121. The Bertz CT molecular complexity index is 469. The van der Waals surface area contributed by atoms with Crippen LogP contribution in [0.2, 0.25) is 0 Å². The molecule has 3 N–H and O–H groups in total. The molecule has 0 saturated heterocycles. The van der Waals surface area contributed by atoms with Crippen LogP contribution in [-0.2, 0) is 4.79 Å². The topological polar surface area (TPSA) is 72.2 Å². The van der Waals surface area contributed by atoms with E-state index in [0.29, 0.717) is 18.7 Å². The molecule has 0 fully saturated rings. The molecule has 1 aromatic rings. The highest BCUT2D eigenvalue weighted by Gasteiger charge is 2.18. The second kappa shape index (κ2) is 10.3. The summed E-state index contributed by atoms with van der Waals surface area (Å²) >= 11 is 0. The van der Waals surface area contributed by atoms with Gasteiger partial charge in [0.25, 0.3) is 0 Å². The minimum atomic E-state index is -0.466. The van der Waals surface area contributed by atoms with Crippen molar-refractivity contribution in [3.8, 4) is 0 Å². The highest BCUT2D eigenvalue weighted by molar-refractivity contribution is 5.99. The summed E-state index contributed by atoms with van der Waals surface area (Å²) in [5, 5.41) is 2.75. The molecule has 0 heterocycles. The number of unbranched alkanes of at least 4 members (excludes halogenated alkanes) is 1. The SMILES string of the molecule is CC(CC(=O)NCCCCN)C(=O)c1cccc(F)c1.Cl. The first-order valence-corrected chi connectivity index (χ1v) is 6.81. The number of carbonyl (C=O) groups is 2. The summed E-state index contributed by atoms with van der Waals surface area (Å²) < 4.78 is 13.1. The molecule has 118 valence electrons. The van der Waals surface area contributed by atoms with Gasteiger partial charge in [-0.15, -0.1) is 12.4 Å². The van der Waals surface area contributed by atoms with Crippen LogP contribution in [0.3, 0.4) is 0 Å². The highest BCUT2D eigenvalue weighted by atomic mass is 35.5. The van der Waals surface area contributed by atoms with Crippen LogP contribution in [0.5, 0.6) is 0 Å². The van der Waals surface area contributed by atoms with Crippen LogP contribution in [0.25, 0.3) is 0 Å². The van der Waals surface area contributed by atoms with Crippen LogP contribution in [0.1, 0.15) is 36.5 Å².